The molecule has 0 saturated carbocycles. The van der Waals surface area contributed by atoms with E-state index >= 15 is 0 Å². The number of fused-ring (bicyclic) bond motifs is 7. The van der Waals surface area contributed by atoms with Crippen LogP contribution in [0.4, 0.5) is 22.7 Å². The molecule has 366 valence electrons. The van der Waals surface area contributed by atoms with Crippen LogP contribution in [0.1, 0.15) is 79.0 Å². The second-order valence-electron chi connectivity index (χ2n) is 22.3. The molecule has 1 aliphatic rings. The van der Waals surface area contributed by atoms with Crippen molar-refractivity contribution < 1.29 is 25.8 Å². The summed E-state index contributed by atoms with van der Waals surface area (Å²) in [6.07, 6.45) is 1.92. The molecular formula is C66H58N5OPt-3. The van der Waals surface area contributed by atoms with Crippen LogP contribution in [0.3, 0.4) is 0 Å². The average Bonchev–Trinajstić information content (AvgIpc) is 4.04. The van der Waals surface area contributed by atoms with Crippen LogP contribution in [-0.2, 0) is 37.3 Å². The number of ether oxygens (including phenoxy) is 1. The maximum Gasteiger partial charge on any atom is 0.135 e. The second-order valence-corrected chi connectivity index (χ2v) is 22.3. The van der Waals surface area contributed by atoms with E-state index in [9.17, 15) is 0 Å². The number of rotatable bonds is 7. The fraction of sp³-hybridized carbons (Fsp3) is 0.182. The third-order valence-corrected chi connectivity index (χ3v) is 14.3. The molecule has 4 heterocycles. The van der Waals surface area contributed by atoms with E-state index in [0.29, 0.717) is 11.5 Å². The molecule has 7 heteroatoms. The minimum absolute atomic E-state index is 0. The Morgan fingerprint density at radius 2 is 1.05 bits per heavy atom. The van der Waals surface area contributed by atoms with Gasteiger partial charge in [0.1, 0.15) is 5.82 Å². The van der Waals surface area contributed by atoms with Gasteiger partial charge >= 0.3 is 0 Å². The molecule has 0 aliphatic carbocycles. The summed E-state index contributed by atoms with van der Waals surface area (Å²) < 4.78 is 11.7. The third kappa shape index (κ3) is 8.50. The van der Waals surface area contributed by atoms with Gasteiger partial charge in [0.15, 0.2) is 0 Å². The Bertz CT molecular complexity index is 3820. The number of pyridine rings is 1. The van der Waals surface area contributed by atoms with Crippen molar-refractivity contribution in [2.24, 2.45) is 0 Å². The Morgan fingerprint density at radius 3 is 1.70 bits per heavy atom. The number of benzene rings is 8. The number of anilines is 4. The molecule has 12 rings (SSSR count). The minimum atomic E-state index is -0.0796. The normalized spacial score (nSPS) is 13.1. The van der Waals surface area contributed by atoms with Gasteiger partial charge in [0.25, 0.3) is 0 Å². The standard InChI is InChI=1S/C66H58N5O.Pt/c1-64(2,3)45-32-33-67-62(38-45)71-57-29-18-15-26-54(57)63-60(70-55-27-16-13-24-52(55)53-25-14-17-28-56(53)70)40-51(41-61(63)71)72-50-23-19-22-48(39-50)68-42-69(49-36-46(65(4,5)6)35-47(37-49)66(7,8)9)59-34-44(30-31-58(59)68)43-20-11-10-12-21-43;/h10-38,40,42H,1-9H3;/q-3;. The van der Waals surface area contributed by atoms with Crippen molar-refractivity contribution >= 4 is 66.4 Å². The van der Waals surface area contributed by atoms with E-state index in [1.807, 2.05) is 12.3 Å². The van der Waals surface area contributed by atoms with Gasteiger partial charge in [-0.3, -0.25) is 0 Å². The molecule has 0 saturated heterocycles. The summed E-state index contributed by atoms with van der Waals surface area (Å²) in [5.41, 5.74) is 15.2. The van der Waals surface area contributed by atoms with Crippen molar-refractivity contribution in [2.75, 3.05) is 9.80 Å². The average molecular weight is 1130 g/mol. The molecule has 0 unspecified atom stereocenters. The van der Waals surface area contributed by atoms with Crippen molar-refractivity contribution in [3.05, 3.63) is 218 Å². The summed E-state index contributed by atoms with van der Waals surface area (Å²) in [5.74, 6) is 1.97. The summed E-state index contributed by atoms with van der Waals surface area (Å²) in [6, 6.07) is 70.6. The molecule has 3 aromatic heterocycles. The van der Waals surface area contributed by atoms with Crippen molar-refractivity contribution in [1.29, 1.82) is 0 Å². The smallest absolute Gasteiger partial charge is 0.135 e. The van der Waals surface area contributed by atoms with Crippen molar-refractivity contribution in [2.45, 2.75) is 78.6 Å². The van der Waals surface area contributed by atoms with E-state index in [2.05, 4.69) is 270 Å². The summed E-state index contributed by atoms with van der Waals surface area (Å²) in [7, 11) is 0. The van der Waals surface area contributed by atoms with Gasteiger partial charge in [-0.15, -0.1) is 42.7 Å². The zero-order valence-electron chi connectivity index (χ0n) is 42.9. The van der Waals surface area contributed by atoms with Gasteiger partial charge in [0.05, 0.1) is 11.0 Å². The number of hydrogen-bond donors (Lipinski definition) is 0. The molecule has 0 atom stereocenters. The van der Waals surface area contributed by atoms with Crippen molar-refractivity contribution in [3.8, 4) is 34.1 Å². The molecule has 1 aliphatic heterocycles. The van der Waals surface area contributed by atoms with Gasteiger partial charge in [0, 0.05) is 72.1 Å². The van der Waals surface area contributed by atoms with Crippen molar-refractivity contribution in [3.63, 3.8) is 0 Å². The van der Waals surface area contributed by atoms with E-state index < -0.39 is 0 Å². The minimum Gasteiger partial charge on any atom is -0.509 e. The Morgan fingerprint density at radius 1 is 0.452 bits per heavy atom. The fourth-order valence-corrected chi connectivity index (χ4v) is 10.4. The SMILES string of the molecule is CC(C)(C)c1cc(N2[CH-]N(c3[c-]c(Oc4[c-]c5c(c(-n6c7ccccc7c7ccccc76)c4)c4ccccc4n5-c4cc(C(C)(C)C)ccn4)ccc3)c3ccc(-c4ccccc4)cc32)cc(C(C)(C)C)c1.[Pt]. The van der Waals surface area contributed by atoms with Crippen LogP contribution in [0, 0.1) is 18.8 Å². The Labute approximate surface area is 443 Å². The summed E-state index contributed by atoms with van der Waals surface area (Å²) in [6.45, 7) is 22.7. The van der Waals surface area contributed by atoms with Gasteiger partial charge in [-0.25, -0.2) is 4.98 Å². The first-order valence-corrected chi connectivity index (χ1v) is 25.0. The van der Waals surface area contributed by atoms with Crippen LogP contribution < -0.4 is 14.5 Å². The third-order valence-electron chi connectivity index (χ3n) is 14.3. The van der Waals surface area contributed by atoms with E-state index in [4.69, 9.17) is 9.72 Å². The molecule has 0 spiro atoms. The Kier molecular flexibility index (Phi) is 11.8. The van der Waals surface area contributed by atoms with Gasteiger partial charge in [-0.05, 0) is 110 Å². The number of para-hydroxylation sites is 3. The van der Waals surface area contributed by atoms with E-state index in [0.717, 1.165) is 72.7 Å². The first-order valence-electron chi connectivity index (χ1n) is 25.0. The molecule has 0 fully saturated rings. The van der Waals surface area contributed by atoms with E-state index in [-0.39, 0.29) is 37.3 Å². The molecule has 73 heavy (non-hydrogen) atoms. The van der Waals surface area contributed by atoms with Crippen LogP contribution in [0.25, 0.3) is 66.2 Å². The molecule has 0 radical (unpaired) electrons. The summed E-state index contributed by atoms with van der Waals surface area (Å²) in [4.78, 5) is 9.61. The Hall–Kier alpha value is -7.40. The van der Waals surface area contributed by atoms with Crippen LogP contribution in [0.2, 0.25) is 0 Å². The molecular weight excluding hydrogens is 1070 g/mol. The molecule has 11 aromatic rings. The molecule has 6 nitrogen and oxygen atoms in total. The maximum absolute atomic E-state index is 7.08. The largest absolute Gasteiger partial charge is 0.509 e. The van der Waals surface area contributed by atoms with Crippen LogP contribution in [-0.4, -0.2) is 14.1 Å². The zero-order valence-corrected chi connectivity index (χ0v) is 45.1. The quantitative estimate of drug-likeness (QED) is 0.149. The predicted molar refractivity (Wildman–Crippen MR) is 300 cm³/mol. The first-order chi connectivity index (χ1) is 34.6. The zero-order chi connectivity index (χ0) is 49.7. The van der Waals surface area contributed by atoms with Crippen LogP contribution in [0.15, 0.2) is 182 Å². The Balaban J connectivity index is 0.00000574. The van der Waals surface area contributed by atoms with E-state index in [1.54, 1.807) is 0 Å². The van der Waals surface area contributed by atoms with E-state index in [1.165, 1.54) is 33.0 Å². The molecule has 0 amide bonds. The van der Waals surface area contributed by atoms with Gasteiger partial charge < -0.3 is 23.7 Å². The number of hydrogen-bond acceptors (Lipinski definition) is 4. The van der Waals surface area contributed by atoms with Crippen LogP contribution in [0.5, 0.6) is 11.5 Å². The molecule has 0 bridgehead atoms. The maximum atomic E-state index is 7.08. The van der Waals surface area contributed by atoms with Gasteiger partial charge in [0.2, 0.25) is 0 Å². The predicted octanol–water partition coefficient (Wildman–Crippen LogP) is 17.6. The molecule has 0 N–H and O–H groups in total. The fourth-order valence-electron chi connectivity index (χ4n) is 10.4. The second kappa shape index (κ2) is 18.0. The number of nitrogens with zero attached hydrogens (tertiary/aromatic N) is 5. The summed E-state index contributed by atoms with van der Waals surface area (Å²) >= 11 is 0. The molecule has 8 aromatic carbocycles. The first kappa shape index (κ1) is 47.9. The summed E-state index contributed by atoms with van der Waals surface area (Å²) in [5, 5.41) is 4.54. The number of aromatic nitrogens is 3. The van der Waals surface area contributed by atoms with Crippen LogP contribution >= 0.6 is 0 Å². The van der Waals surface area contributed by atoms with Crippen molar-refractivity contribution in [1.82, 2.24) is 14.1 Å². The monoisotopic (exact) mass is 1130 g/mol. The topological polar surface area (TPSA) is 38.5 Å². The van der Waals surface area contributed by atoms with Gasteiger partial charge in [-0.2, -0.15) is 6.07 Å². The van der Waals surface area contributed by atoms with Gasteiger partial charge in [-0.1, -0.05) is 170 Å².